The third-order valence-electron chi connectivity index (χ3n) is 3.12. The minimum Gasteiger partial charge on any atom is -0.481 e. The third-order valence-corrected chi connectivity index (χ3v) is 4.73. The van der Waals surface area contributed by atoms with E-state index in [2.05, 4.69) is 0 Å². The van der Waals surface area contributed by atoms with Crippen LogP contribution in [0.15, 0.2) is 23.1 Å². The van der Waals surface area contributed by atoms with Crippen LogP contribution in [-0.2, 0) is 9.59 Å². The Bertz CT molecular complexity index is 766. The minimum absolute atomic E-state index is 0.0735. The topological polar surface area (TPSA) is 101 Å². The van der Waals surface area contributed by atoms with Gasteiger partial charge in [-0.25, -0.2) is 0 Å². The fraction of sp³-hybridized carbons (Fsp3) is 0.214. The number of hydrogen-bond donors (Lipinski definition) is 1. The Morgan fingerprint density at radius 2 is 2.21 bits per heavy atom. The Labute approximate surface area is 151 Å². The van der Waals surface area contributed by atoms with Gasteiger partial charge in [0.05, 0.1) is 15.4 Å². The second kappa shape index (κ2) is 7.73. The van der Waals surface area contributed by atoms with Crippen LogP contribution in [-0.4, -0.2) is 37.7 Å². The third kappa shape index (κ3) is 4.31. The highest BCUT2D eigenvalue weighted by Gasteiger charge is 2.32. The van der Waals surface area contributed by atoms with E-state index in [1.807, 2.05) is 0 Å². The number of nitro groups is 1. The van der Waals surface area contributed by atoms with Crippen molar-refractivity contribution in [1.82, 2.24) is 4.90 Å². The molecule has 24 heavy (non-hydrogen) atoms. The maximum atomic E-state index is 12.4. The van der Waals surface area contributed by atoms with Crippen molar-refractivity contribution in [1.29, 1.82) is 0 Å². The van der Waals surface area contributed by atoms with Crippen LogP contribution in [0.2, 0.25) is 5.02 Å². The highest BCUT2D eigenvalue weighted by molar-refractivity contribution is 8.26. The summed E-state index contributed by atoms with van der Waals surface area (Å²) in [6, 6.07) is 4.06. The summed E-state index contributed by atoms with van der Waals surface area (Å²) in [5.41, 5.74) is 0.0362. The number of aliphatic carboxylic acids is 1. The first-order chi connectivity index (χ1) is 11.3. The van der Waals surface area contributed by atoms with E-state index in [1.165, 1.54) is 29.2 Å². The van der Waals surface area contributed by atoms with Crippen molar-refractivity contribution in [3.63, 3.8) is 0 Å². The van der Waals surface area contributed by atoms with E-state index < -0.39 is 16.8 Å². The number of benzene rings is 1. The van der Waals surface area contributed by atoms with Crippen LogP contribution < -0.4 is 0 Å². The molecule has 1 aliphatic heterocycles. The average Bonchev–Trinajstić information content (AvgIpc) is 2.74. The summed E-state index contributed by atoms with van der Waals surface area (Å²) in [4.78, 5) is 35.0. The van der Waals surface area contributed by atoms with Gasteiger partial charge in [-0.2, -0.15) is 0 Å². The average molecular weight is 387 g/mol. The molecule has 1 heterocycles. The summed E-state index contributed by atoms with van der Waals surface area (Å²) in [6.45, 7) is 0.186. The van der Waals surface area contributed by atoms with Gasteiger partial charge in [0, 0.05) is 24.1 Å². The first-order valence-electron chi connectivity index (χ1n) is 6.70. The predicted molar refractivity (Wildman–Crippen MR) is 94.9 cm³/mol. The van der Waals surface area contributed by atoms with Crippen molar-refractivity contribution >= 4 is 63.5 Å². The van der Waals surface area contributed by atoms with Crippen molar-refractivity contribution < 1.29 is 19.6 Å². The van der Waals surface area contributed by atoms with Gasteiger partial charge in [0.2, 0.25) is 0 Å². The number of thiocarbonyl (C=S) groups is 1. The van der Waals surface area contributed by atoms with E-state index in [0.29, 0.717) is 9.34 Å². The zero-order valence-corrected chi connectivity index (χ0v) is 14.5. The smallest absolute Gasteiger partial charge is 0.303 e. The molecule has 1 N–H and O–H groups in total. The van der Waals surface area contributed by atoms with E-state index in [9.17, 15) is 19.7 Å². The number of thioether (sulfide) groups is 1. The van der Waals surface area contributed by atoms with Crippen molar-refractivity contribution in [2.24, 2.45) is 0 Å². The maximum Gasteiger partial charge on any atom is 0.303 e. The lowest BCUT2D eigenvalue weighted by molar-refractivity contribution is -0.385. The molecule has 0 unspecified atom stereocenters. The number of carboxylic acid groups (broad SMARTS) is 1. The zero-order chi connectivity index (χ0) is 17.9. The number of rotatable bonds is 6. The number of carbonyl (C=O) groups excluding carboxylic acids is 1. The summed E-state index contributed by atoms with van der Waals surface area (Å²) < 4.78 is 0.293. The summed E-state index contributed by atoms with van der Waals surface area (Å²) in [5, 5.41) is 20.0. The van der Waals surface area contributed by atoms with Crippen LogP contribution in [0.5, 0.6) is 0 Å². The summed E-state index contributed by atoms with van der Waals surface area (Å²) in [6.07, 6.45) is 1.57. The fourth-order valence-electron chi connectivity index (χ4n) is 2.03. The molecule has 0 atom stereocenters. The van der Waals surface area contributed by atoms with Gasteiger partial charge < -0.3 is 5.11 Å². The summed E-state index contributed by atoms with van der Waals surface area (Å²) in [5.74, 6) is -1.35. The standard InChI is InChI=1S/C14H11ClN2O5S2/c15-9-3-4-10(17(21)22)8(6-9)7-11-13(20)16(14(23)24-11)5-1-2-12(18)19/h3-4,6-7H,1-2,5H2,(H,18,19)/b11-7-. The largest absolute Gasteiger partial charge is 0.481 e. The van der Waals surface area contributed by atoms with Gasteiger partial charge in [-0.1, -0.05) is 35.6 Å². The Morgan fingerprint density at radius 1 is 1.50 bits per heavy atom. The predicted octanol–water partition coefficient (Wildman–Crippen LogP) is 3.31. The molecule has 0 aliphatic carbocycles. The molecular weight excluding hydrogens is 376 g/mol. The zero-order valence-electron chi connectivity index (χ0n) is 12.1. The van der Waals surface area contributed by atoms with Gasteiger partial charge in [0.15, 0.2) is 0 Å². The summed E-state index contributed by atoms with van der Waals surface area (Å²) in [7, 11) is 0. The van der Waals surface area contributed by atoms with E-state index in [4.69, 9.17) is 28.9 Å². The summed E-state index contributed by atoms with van der Waals surface area (Å²) >= 11 is 12.0. The lowest BCUT2D eigenvalue weighted by Gasteiger charge is -2.13. The van der Waals surface area contributed by atoms with Crippen molar-refractivity contribution in [2.45, 2.75) is 12.8 Å². The Balaban J connectivity index is 2.24. The Kier molecular flexibility index (Phi) is 5.92. The van der Waals surface area contributed by atoms with Crippen LogP contribution >= 0.6 is 35.6 Å². The lowest BCUT2D eigenvalue weighted by Crippen LogP contribution is -2.29. The van der Waals surface area contributed by atoms with E-state index in [1.54, 1.807) is 0 Å². The first-order valence-corrected chi connectivity index (χ1v) is 8.31. The number of carbonyl (C=O) groups is 2. The normalized spacial score (nSPS) is 16.0. The number of amides is 1. The first kappa shape index (κ1) is 18.4. The van der Waals surface area contributed by atoms with Gasteiger partial charge in [0.25, 0.3) is 11.6 Å². The molecule has 0 radical (unpaired) electrons. The highest BCUT2D eigenvalue weighted by Crippen LogP contribution is 2.35. The monoisotopic (exact) mass is 386 g/mol. The number of hydrogen-bond acceptors (Lipinski definition) is 6. The quantitative estimate of drug-likeness (QED) is 0.346. The van der Waals surface area contributed by atoms with Crippen LogP contribution in [0.4, 0.5) is 5.69 Å². The van der Waals surface area contributed by atoms with Crippen LogP contribution in [0.25, 0.3) is 6.08 Å². The molecule has 1 aromatic carbocycles. The van der Waals surface area contributed by atoms with E-state index in [0.717, 1.165) is 11.8 Å². The fourth-order valence-corrected chi connectivity index (χ4v) is 3.51. The lowest BCUT2D eigenvalue weighted by atomic mass is 10.1. The number of nitrogens with zero attached hydrogens (tertiary/aromatic N) is 2. The SMILES string of the molecule is O=C(O)CCCN1C(=O)/C(=C/c2cc(Cl)ccc2[N+](=O)[O-])SC1=S. The van der Waals surface area contributed by atoms with Crippen molar-refractivity contribution in [3.05, 3.63) is 43.8 Å². The van der Waals surface area contributed by atoms with E-state index in [-0.39, 0.29) is 35.5 Å². The molecule has 0 bridgehead atoms. The molecule has 2 rings (SSSR count). The molecule has 0 aromatic heterocycles. The number of nitro benzene ring substituents is 1. The number of carboxylic acids is 1. The molecule has 0 spiro atoms. The minimum atomic E-state index is -0.953. The van der Waals surface area contributed by atoms with E-state index >= 15 is 0 Å². The van der Waals surface area contributed by atoms with Crippen LogP contribution in [0, 0.1) is 10.1 Å². The molecule has 1 saturated heterocycles. The second-order valence-corrected chi connectivity index (χ2v) is 6.90. The molecule has 1 fully saturated rings. The van der Waals surface area contributed by atoms with Gasteiger partial charge in [0.1, 0.15) is 4.32 Å². The van der Waals surface area contributed by atoms with Gasteiger partial charge in [-0.3, -0.25) is 24.6 Å². The molecule has 10 heteroatoms. The Morgan fingerprint density at radius 3 is 2.83 bits per heavy atom. The van der Waals surface area contributed by atoms with Crippen LogP contribution in [0.3, 0.4) is 0 Å². The molecule has 126 valence electrons. The molecule has 0 saturated carbocycles. The van der Waals surface area contributed by atoms with Gasteiger partial charge >= 0.3 is 5.97 Å². The molecule has 1 aromatic rings. The molecule has 1 amide bonds. The molecular formula is C14H11ClN2O5S2. The maximum absolute atomic E-state index is 12.4. The highest BCUT2D eigenvalue weighted by atomic mass is 35.5. The molecule has 7 nitrogen and oxygen atoms in total. The number of halogens is 1. The molecule has 1 aliphatic rings. The second-order valence-electron chi connectivity index (χ2n) is 4.79. The van der Waals surface area contributed by atoms with Crippen molar-refractivity contribution in [3.8, 4) is 0 Å². The van der Waals surface area contributed by atoms with Gasteiger partial charge in [-0.05, 0) is 24.6 Å². The van der Waals surface area contributed by atoms with Crippen molar-refractivity contribution in [2.75, 3.05) is 6.54 Å². The van der Waals surface area contributed by atoms with Crippen LogP contribution in [0.1, 0.15) is 18.4 Å². The Hall–Kier alpha value is -1.97. The van der Waals surface area contributed by atoms with Gasteiger partial charge in [-0.15, -0.1) is 0 Å².